The van der Waals surface area contributed by atoms with Gasteiger partial charge in [0, 0.05) is 20.8 Å². The molecule has 0 bridgehead atoms. The highest BCUT2D eigenvalue weighted by atomic mass is 79.9. The fourth-order valence-electron chi connectivity index (χ4n) is 1.08. The van der Waals surface area contributed by atoms with Crippen LogP contribution >= 0.6 is 47.8 Å². The van der Waals surface area contributed by atoms with Crippen LogP contribution in [-0.4, -0.2) is 20.3 Å². The fraction of sp³-hybridized carbons (Fsp3) is 0.333. The predicted octanol–water partition coefficient (Wildman–Crippen LogP) is 3.19. The van der Waals surface area contributed by atoms with Gasteiger partial charge in [0.05, 0.1) is 4.90 Å². The summed E-state index contributed by atoms with van der Waals surface area (Å²) >= 11 is 9.75. The molecule has 0 unspecified atom stereocenters. The normalized spacial score (nSPS) is 11.8. The van der Waals surface area contributed by atoms with Crippen LogP contribution in [0.25, 0.3) is 0 Å². The molecule has 0 radical (unpaired) electrons. The van der Waals surface area contributed by atoms with Crippen molar-refractivity contribution in [1.82, 2.24) is 4.72 Å². The number of alkyl halides is 1. The number of hydrogen-bond donors (Lipinski definition) is 1. The van der Waals surface area contributed by atoms with Gasteiger partial charge in [-0.2, -0.15) is 0 Å². The highest BCUT2D eigenvalue weighted by Gasteiger charge is 2.18. The Labute approximate surface area is 120 Å². The van der Waals surface area contributed by atoms with Crippen molar-refractivity contribution in [2.75, 3.05) is 11.9 Å². The van der Waals surface area contributed by atoms with Crippen molar-refractivity contribution in [2.24, 2.45) is 0 Å². The zero-order valence-electron chi connectivity index (χ0n) is 8.43. The van der Waals surface area contributed by atoms with Gasteiger partial charge in [-0.1, -0.05) is 31.9 Å². The first kappa shape index (κ1) is 14.6. The van der Waals surface area contributed by atoms with Crippen LogP contribution in [0.4, 0.5) is 0 Å². The summed E-state index contributed by atoms with van der Waals surface area (Å²) in [6, 6.07) is 3.36. The molecule has 0 saturated carbocycles. The lowest BCUT2D eigenvalue weighted by Crippen LogP contribution is -2.25. The maximum atomic E-state index is 11.9. The van der Waals surface area contributed by atoms with E-state index in [9.17, 15) is 8.42 Å². The van der Waals surface area contributed by atoms with Gasteiger partial charge in [0.25, 0.3) is 0 Å². The van der Waals surface area contributed by atoms with E-state index in [0.717, 1.165) is 10.0 Å². The molecule has 0 fully saturated rings. The Morgan fingerprint density at radius 3 is 2.44 bits per heavy atom. The van der Waals surface area contributed by atoms with Crippen molar-refractivity contribution in [1.29, 1.82) is 0 Å². The van der Waals surface area contributed by atoms with Crippen molar-refractivity contribution < 1.29 is 8.42 Å². The van der Waals surface area contributed by atoms with Crippen LogP contribution in [0.5, 0.6) is 0 Å². The maximum absolute atomic E-state index is 11.9. The highest BCUT2D eigenvalue weighted by Crippen LogP contribution is 2.28. The predicted molar refractivity (Wildman–Crippen MR) is 75.6 cm³/mol. The molecule has 1 aromatic rings. The summed E-state index contributed by atoms with van der Waals surface area (Å²) in [5, 5.41) is 0.580. The first-order chi connectivity index (χ1) is 7.38. The first-order valence-corrected chi connectivity index (χ1v) is 8.59. The molecule has 0 aliphatic heterocycles. The molecule has 0 spiro atoms. The molecule has 0 aliphatic carbocycles. The Morgan fingerprint density at radius 2 is 1.88 bits per heavy atom. The first-order valence-electron chi connectivity index (χ1n) is 4.40. The van der Waals surface area contributed by atoms with Gasteiger partial charge in [-0.3, -0.25) is 0 Å². The second-order valence-corrected chi connectivity index (χ2v) is 7.36. The van der Waals surface area contributed by atoms with Gasteiger partial charge in [0.2, 0.25) is 10.0 Å². The van der Waals surface area contributed by atoms with Gasteiger partial charge in [-0.25, -0.2) is 13.1 Å². The largest absolute Gasteiger partial charge is 0.241 e. The lowest BCUT2D eigenvalue weighted by atomic mass is 10.2. The average molecular weight is 436 g/mol. The van der Waals surface area contributed by atoms with E-state index in [1.807, 2.05) is 6.92 Å². The summed E-state index contributed by atoms with van der Waals surface area (Å²) in [5.41, 5.74) is 0.978. The van der Waals surface area contributed by atoms with E-state index < -0.39 is 10.0 Å². The van der Waals surface area contributed by atoms with E-state index in [1.54, 1.807) is 12.1 Å². The van der Waals surface area contributed by atoms with Gasteiger partial charge in [-0.15, -0.1) is 0 Å². The molecule has 1 aromatic carbocycles. The van der Waals surface area contributed by atoms with Gasteiger partial charge in [0.15, 0.2) is 0 Å². The summed E-state index contributed by atoms with van der Waals surface area (Å²) in [5.74, 6) is 0. The van der Waals surface area contributed by atoms with E-state index in [4.69, 9.17) is 0 Å². The number of nitrogens with one attached hydrogen (secondary N) is 1. The zero-order valence-corrected chi connectivity index (χ0v) is 14.0. The lowest BCUT2D eigenvalue weighted by molar-refractivity contribution is 0.583. The third-order valence-corrected chi connectivity index (χ3v) is 5.56. The van der Waals surface area contributed by atoms with Crippen LogP contribution in [-0.2, 0) is 10.0 Å². The van der Waals surface area contributed by atoms with Crippen molar-refractivity contribution in [2.45, 2.75) is 11.8 Å². The monoisotopic (exact) mass is 433 g/mol. The Bertz CT molecular complexity index is 488. The molecule has 1 rings (SSSR count). The van der Waals surface area contributed by atoms with Crippen LogP contribution in [0, 0.1) is 6.92 Å². The lowest BCUT2D eigenvalue weighted by Gasteiger charge is -2.09. The summed E-state index contributed by atoms with van der Waals surface area (Å²) in [7, 11) is -3.45. The topological polar surface area (TPSA) is 46.2 Å². The third-order valence-electron chi connectivity index (χ3n) is 1.89. The van der Waals surface area contributed by atoms with Crippen LogP contribution < -0.4 is 4.72 Å². The standard InChI is InChI=1S/C9H10Br3NO2S/c1-6-4-8(12)9(5-7(6)11)16(14,15)13-3-2-10/h4-5,13H,2-3H2,1H3. The summed E-state index contributed by atoms with van der Waals surface area (Å²) in [6.45, 7) is 2.26. The molecule has 1 N–H and O–H groups in total. The second-order valence-electron chi connectivity index (χ2n) is 3.12. The summed E-state index contributed by atoms with van der Waals surface area (Å²) < 4.78 is 27.6. The van der Waals surface area contributed by atoms with Crippen LogP contribution in [0.1, 0.15) is 5.56 Å². The number of halogens is 3. The minimum absolute atomic E-state index is 0.242. The van der Waals surface area contributed by atoms with Crippen LogP contribution in [0.2, 0.25) is 0 Å². The quantitative estimate of drug-likeness (QED) is 0.738. The minimum Gasteiger partial charge on any atom is -0.210 e. The zero-order chi connectivity index (χ0) is 12.3. The third kappa shape index (κ3) is 3.53. The van der Waals surface area contributed by atoms with Crippen LogP contribution in [0.3, 0.4) is 0 Å². The molecule has 0 aromatic heterocycles. The Balaban J connectivity index is 3.18. The maximum Gasteiger partial charge on any atom is 0.241 e. The minimum atomic E-state index is -3.45. The van der Waals surface area contributed by atoms with Crippen molar-refractivity contribution in [3.63, 3.8) is 0 Å². The Morgan fingerprint density at radius 1 is 1.25 bits per heavy atom. The SMILES string of the molecule is Cc1cc(Br)c(S(=O)(=O)NCCBr)cc1Br. The molecule has 0 heterocycles. The van der Waals surface area contributed by atoms with Gasteiger partial charge in [-0.05, 0) is 40.5 Å². The number of sulfonamides is 1. The van der Waals surface area contributed by atoms with Crippen molar-refractivity contribution >= 4 is 57.8 Å². The van der Waals surface area contributed by atoms with E-state index >= 15 is 0 Å². The van der Waals surface area contributed by atoms with Crippen molar-refractivity contribution in [3.8, 4) is 0 Å². The van der Waals surface area contributed by atoms with E-state index in [1.165, 1.54) is 0 Å². The van der Waals surface area contributed by atoms with Gasteiger partial charge >= 0.3 is 0 Å². The number of aryl methyl sites for hydroxylation is 1. The molecule has 7 heteroatoms. The molecule has 16 heavy (non-hydrogen) atoms. The molecular weight excluding hydrogens is 426 g/mol. The smallest absolute Gasteiger partial charge is 0.210 e. The molecule has 0 amide bonds. The second kappa shape index (κ2) is 5.95. The average Bonchev–Trinajstić information content (AvgIpc) is 2.20. The number of benzene rings is 1. The van der Waals surface area contributed by atoms with Crippen molar-refractivity contribution in [3.05, 3.63) is 26.6 Å². The summed E-state index contributed by atoms with van der Waals surface area (Å²) in [4.78, 5) is 0.242. The van der Waals surface area contributed by atoms with Gasteiger partial charge in [0.1, 0.15) is 0 Å². The number of hydrogen-bond acceptors (Lipinski definition) is 2. The fourth-order valence-corrected chi connectivity index (χ4v) is 4.25. The molecule has 0 saturated heterocycles. The van der Waals surface area contributed by atoms with Gasteiger partial charge < -0.3 is 0 Å². The highest BCUT2D eigenvalue weighted by molar-refractivity contribution is 9.11. The van der Waals surface area contributed by atoms with E-state index in [2.05, 4.69) is 52.5 Å². The molecule has 0 aliphatic rings. The van der Waals surface area contributed by atoms with E-state index in [0.29, 0.717) is 16.3 Å². The van der Waals surface area contributed by atoms with Crippen LogP contribution in [0.15, 0.2) is 26.0 Å². The Kier molecular flexibility index (Phi) is 5.44. The Hall–Kier alpha value is 0.570. The van der Waals surface area contributed by atoms with E-state index in [-0.39, 0.29) is 4.90 Å². The molecular formula is C9H10Br3NO2S. The number of rotatable bonds is 4. The molecule has 0 atom stereocenters. The summed E-state index contributed by atoms with van der Waals surface area (Å²) in [6.07, 6.45) is 0. The molecule has 3 nitrogen and oxygen atoms in total. The molecule has 90 valence electrons.